The van der Waals surface area contributed by atoms with Gasteiger partial charge in [0.2, 0.25) is 17.6 Å². The van der Waals surface area contributed by atoms with Gasteiger partial charge in [-0.05, 0) is 48.6 Å². The molecule has 0 radical (unpaired) electrons. The standard InChI is InChI=1S/C24H29N5O2/c1-18-5-4-14-29(16-18)17-20-9-7-19(8-10-20)15-26-22(30)11-12-23-27-24(28-31-23)21-6-2-3-13-25-21/h2-3,6-10,13,18H,4-5,11-12,14-17H2,1H3,(H,26,30). The van der Waals surface area contributed by atoms with Crippen LogP contribution in [0.1, 0.15) is 43.2 Å². The van der Waals surface area contributed by atoms with Crippen molar-refractivity contribution in [3.05, 3.63) is 65.7 Å². The highest BCUT2D eigenvalue weighted by molar-refractivity contribution is 5.76. The number of carbonyl (C=O) groups excluding carboxylic acids is 1. The number of aryl methyl sites for hydroxylation is 1. The van der Waals surface area contributed by atoms with Gasteiger partial charge in [0, 0.05) is 38.7 Å². The van der Waals surface area contributed by atoms with Crippen LogP contribution in [0.2, 0.25) is 0 Å². The molecule has 4 rings (SSSR count). The molecule has 1 fully saturated rings. The second kappa shape index (κ2) is 10.3. The van der Waals surface area contributed by atoms with Crippen molar-refractivity contribution in [2.24, 2.45) is 5.92 Å². The molecule has 1 aliphatic rings. The Hall–Kier alpha value is -3.06. The fourth-order valence-corrected chi connectivity index (χ4v) is 3.92. The van der Waals surface area contributed by atoms with Crippen LogP contribution in [0.4, 0.5) is 0 Å². The van der Waals surface area contributed by atoms with E-state index in [1.54, 1.807) is 6.20 Å². The number of hydrogen-bond donors (Lipinski definition) is 1. The Morgan fingerprint density at radius 1 is 1.19 bits per heavy atom. The van der Waals surface area contributed by atoms with E-state index in [0.717, 1.165) is 18.0 Å². The molecule has 1 N–H and O–H groups in total. The summed E-state index contributed by atoms with van der Waals surface area (Å²) in [5, 5.41) is 6.89. The minimum atomic E-state index is -0.0380. The number of amides is 1. The molecule has 1 aliphatic heterocycles. The first-order chi connectivity index (χ1) is 15.2. The zero-order valence-corrected chi connectivity index (χ0v) is 18.0. The molecule has 1 saturated heterocycles. The van der Waals surface area contributed by atoms with Crippen LogP contribution >= 0.6 is 0 Å². The number of carbonyl (C=O) groups is 1. The summed E-state index contributed by atoms with van der Waals surface area (Å²) in [6.07, 6.45) is 5.01. The van der Waals surface area contributed by atoms with Crippen molar-refractivity contribution in [1.29, 1.82) is 0 Å². The third-order valence-corrected chi connectivity index (χ3v) is 5.59. The molecule has 7 heteroatoms. The zero-order chi connectivity index (χ0) is 21.5. The lowest BCUT2D eigenvalue weighted by atomic mass is 9.99. The second-order valence-electron chi connectivity index (χ2n) is 8.30. The number of hydrogen-bond acceptors (Lipinski definition) is 6. The highest BCUT2D eigenvalue weighted by Gasteiger charge is 2.16. The molecular formula is C24H29N5O2. The van der Waals surface area contributed by atoms with Crippen molar-refractivity contribution in [2.75, 3.05) is 13.1 Å². The quantitative estimate of drug-likeness (QED) is 0.600. The highest BCUT2D eigenvalue weighted by Crippen LogP contribution is 2.18. The van der Waals surface area contributed by atoms with Gasteiger partial charge in [0.1, 0.15) is 5.69 Å². The molecule has 31 heavy (non-hydrogen) atoms. The third kappa shape index (κ3) is 6.21. The van der Waals surface area contributed by atoms with Gasteiger partial charge in [-0.15, -0.1) is 0 Å². The summed E-state index contributed by atoms with van der Waals surface area (Å²) in [7, 11) is 0. The minimum Gasteiger partial charge on any atom is -0.352 e. The second-order valence-corrected chi connectivity index (χ2v) is 8.30. The van der Waals surface area contributed by atoms with Gasteiger partial charge in [-0.25, -0.2) is 0 Å². The average molecular weight is 420 g/mol. The Morgan fingerprint density at radius 3 is 2.81 bits per heavy atom. The fourth-order valence-electron chi connectivity index (χ4n) is 3.92. The van der Waals surface area contributed by atoms with E-state index in [2.05, 4.69) is 56.5 Å². The maximum absolute atomic E-state index is 12.2. The number of nitrogens with zero attached hydrogens (tertiary/aromatic N) is 4. The zero-order valence-electron chi connectivity index (χ0n) is 18.0. The van der Waals surface area contributed by atoms with Crippen LogP contribution in [-0.2, 0) is 24.3 Å². The van der Waals surface area contributed by atoms with Crippen molar-refractivity contribution in [3.63, 3.8) is 0 Å². The lowest BCUT2D eigenvalue weighted by molar-refractivity contribution is -0.121. The van der Waals surface area contributed by atoms with Gasteiger partial charge >= 0.3 is 0 Å². The van der Waals surface area contributed by atoms with Gasteiger partial charge in [-0.3, -0.25) is 14.7 Å². The van der Waals surface area contributed by atoms with Crippen LogP contribution in [0.3, 0.4) is 0 Å². The van der Waals surface area contributed by atoms with E-state index in [1.165, 1.54) is 31.5 Å². The first kappa shape index (κ1) is 21.2. The van der Waals surface area contributed by atoms with E-state index in [4.69, 9.17) is 4.52 Å². The maximum atomic E-state index is 12.2. The van der Waals surface area contributed by atoms with Crippen LogP contribution < -0.4 is 5.32 Å². The highest BCUT2D eigenvalue weighted by atomic mass is 16.5. The number of rotatable bonds is 8. The van der Waals surface area contributed by atoms with E-state index in [-0.39, 0.29) is 5.91 Å². The number of likely N-dealkylation sites (tertiary alicyclic amines) is 1. The first-order valence-electron chi connectivity index (χ1n) is 11.0. The minimum absolute atomic E-state index is 0.0380. The van der Waals surface area contributed by atoms with Gasteiger partial charge in [-0.1, -0.05) is 42.4 Å². The van der Waals surface area contributed by atoms with E-state index >= 15 is 0 Å². The van der Waals surface area contributed by atoms with Crippen LogP contribution in [0.15, 0.2) is 53.2 Å². The normalized spacial score (nSPS) is 16.9. The Morgan fingerprint density at radius 2 is 2.03 bits per heavy atom. The number of benzene rings is 1. The van der Waals surface area contributed by atoms with Crippen molar-refractivity contribution in [3.8, 4) is 11.5 Å². The summed E-state index contributed by atoms with van der Waals surface area (Å²) in [4.78, 5) is 23.2. The summed E-state index contributed by atoms with van der Waals surface area (Å²) < 4.78 is 5.23. The summed E-state index contributed by atoms with van der Waals surface area (Å²) in [5.41, 5.74) is 3.07. The Kier molecular flexibility index (Phi) is 7.04. The molecule has 3 heterocycles. The number of pyridine rings is 1. The molecule has 1 amide bonds. The summed E-state index contributed by atoms with van der Waals surface area (Å²) in [6, 6.07) is 14.0. The third-order valence-electron chi connectivity index (χ3n) is 5.59. The molecule has 1 aromatic carbocycles. The van der Waals surface area contributed by atoms with Crippen LogP contribution in [-0.4, -0.2) is 39.0 Å². The van der Waals surface area contributed by atoms with Crippen LogP contribution in [0.5, 0.6) is 0 Å². The van der Waals surface area contributed by atoms with Gasteiger partial charge in [0.25, 0.3) is 0 Å². The van der Waals surface area contributed by atoms with Gasteiger partial charge in [0.15, 0.2) is 0 Å². The van der Waals surface area contributed by atoms with Gasteiger partial charge in [-0.2, -0.15) is 4.98 Å². The largest absolute Gasteiger partial charge is 0.352 e. The average Bonchev–Trinajstić information content (AvgIpc) is 3.27. The molecule has 2 aromatic heterocycles. The predicted molar refractivity (Wildman–Crippen MR) is 118 cm³/mol. The molecule has 0 saturated carbocycles. The van der Waals surface area contributed by atoms with Gasteiger partial charge < -0.3 is 9.84 Å². The van der Waals surface area contributed by atoms with E-state index < -0.39 is 0 Å². The Labute approximate surface area is 182 Å². The summed E-state index contributed by atoms with van der Waals surface area (Å²) >= 11 is 0. The molecule has 7 nitrogen and oxygen atoms in total. The van der Waals surface area contributed by atoms with E-state index in [1.807, 2.05) is 18.2 Å². The predicted octanol–water partition coefficient (Wildman–Crippen LogP) is 3.61. The van der Waals surface area contributed by atoms with Crippen molar-refractivity contribution in [1.82, 2.24) is 25.3 Å². The van der Waals surface area contributed by atoms with Crippen molar-refractivity contribution >= 4 is 5.91 Å². The van der Waals surface area contributed by atoms with Crippen LogP contribution in [0.25, 0.3) is 11.5 Å². The monoisotopic (exact) mass is 419 g/mol. The number of nitrogens with one attached hydrogen (secondary N) is 1. The topological polar surface area (TPSA) is 84.2 Å². The molecule has 0 spiro atoms. The molecule has 3 aromatic rings. The number of piperidine rings is 1. The summed E-state index contributed by atoms with van der Waals surface area (Å²) in [5.74, 6) is 1.63. The SMILES string of the molecule is CC1CCCN(Cc2ccc(CNC(=O)CCc3nc(-c4ccccn4)no3)cc2)C1. The van der Waals surface area contributed by atoms with Crippen LogP contribution in [0, 0.1) is 5.92 Å². The Bertz CT molecular complexity index is 971. The smallest absolute Gasteiger partial charge is 0.227 e. The lowest BCUT2D eigenvalue weighted by Crippen LogP contribution is -2.33. The van der Waals surface area contributed by atoms with Crippen molar-refractivity contribution in [2.45, 2.75) is 45.7 Å². The maximum Gasteiger partial charge on any atom is 0.227 e. The fraction of sp³-hybridized carbons (Fsp3) is 0.417. The molecule has 0 bridgehead atoms. The molecule has 162 valence electrons. The molecule has 1 unspecified atom stereocenters. The Balaban J connectivity index is 1.20. The first-order valence-corrected chi connectivity index (χ1v) is 11.0. The molecule has 1 atom stereocenters. The van der Waals surface area contributed by atoms with Gasteiger partial charge in [0.05, 0.1) is 0 Å². The summed E-state index contributed by atoms with van der Waals surface area (Å²) in [6.45, 7) is 6.22. The van der Waals surface area contributed by atoms with E-state index in [9.17, 15) is 4.79 Å². The molecule has 0 aliphatic carbocycles. The van der Waals surface area contributed by atoms with Crippen molar-refractivity contribution < 1.29 is 9.32 Å². The van der Waals surface area contributed by atoms with E-state index in [0.29, 0.717) is 36.8 Å². The molecular weight excluding hydrogens is 390 g/mol. The number of aromatic nitrogens is 3. The lowest BCUT2D eigenvalue weighted by Gasteiger charge is -2.30.